The summed E-state index contributed by atoms with van der Waals surface area (Å²) in [6.07, 6.45) is 2.99. The summed E-state index contributed by atoms with van der Waals surface area (Å²) in [6.45, 7) is 3.18. The predicted octanol–water partition coefficient (Wildman–Crippen LogP) is 1.99. The zero-order valence-corrected chi connectivity index (χ0v) is 13.5. The summed E-state index contributed by atoms with van der Waals surface area (Å²) in [7, 11) is 0. The molecule has 0 radical (unpaired) electrons. The molecule has 1 fully saturated rings. The van der Waals surface area contributed by atoms with Gasteiger partial charge in [-0.1, -0.05) is 12.1 Å². The van der Waals surface area contributed by atoms with Crippen molar-refractivity contribution in [3.05, 3.63) is 46.6 Å². The van der Waals surface area contributed by atoms with Gasteiger partial charge < -0.3 is 15.2 Å². The second-order valence-electron chi connectivity index (χ2n) is 4.56. The fourth-order valence-electron chi connectivity index (χ4n) is 1.90. The minimum Gasteiger partial charge on any atom is -0.481 e. The van der Waals surface area contributed by atoms with Crippen LogP contribution in [0.2, 0.25) is 0 Å². The van der Waals surface area contributed by atoms with E-state index in [-0.39, 0.29) is 12.2 Å². The molecule has 2 rings (SSSR count). The molecule has 2 N–H and O–H groups in total. The van der Waals surface area contributed by atoms with Gasteiger partial charge in [-0.2, -0.15) is 0 Å². The van der Waals surface area contributed by atoms with Crippen molar-refractivity contribution >= 4 is 39.9 Å². The van der Waals surface area contributed by atoms with E-state index in [2.05, 4.69) is 27.8 Å². The van der Waals surface area contributed by atoms with E-state index in [1.165, 1.54) is 12.2 Å². The molecule has 8 heteroatoms. The molecule has 1 aromatic rings. The second kappa shape index (κ2) is 7.10. The minimum absolute atomic E-state index is 0.133. The first-order valence-electron chi connectivity index (χ1n) is 6.52. The van der Waals surface area contributed by atoms with Crippen molar-refractivity contribution in [2.45, 2.75) is 0 Å². The van der Waals surface area contributed by atoms with Crippen LogP contribution in [0.5, 0.6) is 5.75 Å². The Morgan fingerprint density at radius 3 is 2.78 bits per heavy atom. The number of urea groups is 1. The maximum atomic E-state index is 12.1. The lowest BCUT2D eigenvalue weighted by Crippen LogP contribution is -2.30. The van der Waals surface area contributed by atoms with Gasteiger partial charge in [0.1, 0.15) is 11.4 Å². The molecule has 0 spiro atoms. The lowest BCUT2D eigenvalue weighted by Gasteiger charge is -2.07. The Balaban J connectivity index is 2.18. The van der Waals surface area contributed by atoms with E-state index >= 15 is 0 Å². The number of imide groups is 1. The first-order valence-corrected chi connectivity index (χ1v) is 7.31. The van der Waals surface area contributed by atoms with Crippen molar-refractivity contribution < 1.29 is 24.2 Å². The zero-order valence-electron chi connectivity index (χ0n) is 11.9. The van der Waals surface area contributed by atoms with Crippen LogP contribution in [0.3, 0.4) is 0 Å². The highest BCUT2D eigenvalue weighted by molar-refractivity contribution is 9.10. The average Bonchev–Trinajstić information content (AvgIpc) is 2.74. The van der Waals surface area contributed by atoms with E-state index in [1.54, 1.807) is 18.2 Å². The largest absolute Gasteiger partial charge is 0.481 e. The van der Waals surface area contributed by atoms with Crippen LogP contribution in [0.1, 0.15) is 5.56 Å². The van der Waals surface area contributed by atoms with E-state index in [9.17, 15) is 14.4 Å². The molecule has 1 aliphatic rings. The van der Waals surface area contributed by atoms with Gasteiger partial charge >= 0.3 is 12.0 Å². The fraction of sp³-hybridized carbons (Fsp3) is 0.133. The Labute approximate surface area is 140 Å². The molecule has 1 aliphatic heterocycles. The van der Waals surface area contributed by atoms with Gasteiger partial charge in [0.05, 0.1) is 4.47 Å². The molecule has 1 saturated heterocycles. The Morgan fingerprint density at radius 2 is 2.17 bits per heavy atom. The quantitative estimate of drug-likeness (QED) is 0.446. The number of ether oxygens (including phenoxy) is 1. The number of carbonyl (C=O) groups is 3. The van der Waals surface area contributed by atoms with E-state index in [4.69, 9.17) is 9.84 Å². The highest BCUT2D eigenvalue weighted by Gasteiger charge is 2.32. The predicted molar refractivity (Wildman–Crippen MR) is 85.7 cm³/mol. The average molecular weight is 381 g/mol. The molecule has 0 unspecified atom stereocenters. The number of rotatable bonds is 6. The Hall–Kier alpha value is -2.61. The topological polar surface area (TPSA) is 95.9 Å². The second-order valence-corrected chi connectivity index (χ2v) is 5.42. The molecule has 0 atom stereocenters. The van der Waals surface area contributed by atoms with Gasteiger partial charge in [0.2, 0.25) is 0 Å². The molecule has 7 nitrogen and oxygen atoms in total. The van der Waals surface area contributed by atoms with Gasteiger partial charge in [0.25, 0.3) is 5.91 Å². The van der Waals surface area contributed by atoms with E-state index in [1.807, 2.05) is 0 Å². The molecular weight excluding hydrogens is 368 g/mol. The van der Waals surface area contributed by atoms with Crippen LogP contribution in [-0.2, 0) is 9.59 Å². The summed E-state index contributed by atoms with van der Waals surface area (Å²) in [5, 5.41) is 11.1. The van der Waals surface area contributed by atoms with Crippen LogP contribution in [0.25, 0.3) is 6.08 Å². The molecule has 0 aromatic heterocycles. The number of hydrogen-bond donors (Lipinski definition) is 2. The molecule has 1 heterocycles. The van der Waals surface area contributed by atoms with Crippen molar-refractivity contribution in [1.29, 1.82) is 0 Å². The first-order chi connectivity index (χ1) is 10.9. The number of aliphatic carboxylic acids is 1. The van der Waals surface area contributed by atoms with Crippen LogP contribution in [-0.4, -0.2) is 41.1 Å². The van der Waals surface area contributed by atoms with Gasteiger partial charge in [0, 0.05) is 6.54 Å². The Bertz CT molecular complexity index is 714. The van der Waals surface area contributed by atoms with Crippen LogP contribution >= 0.6 is 15.9 Å². The number of amides is 3. The first kappa shape index (κ1) is 16.8. The molecular formula is C15H13BrN2O5. The SMILES string of the molecule is C=CCN1C(=O)N/C(=C/c2ccc(OCC(=O)O)c(Br)c2)C1=O. The summed E-state index contributed by atoms with van der Waals surface area (Å²) in [5.74, 6) is -1.15. The third-order valence-corrected chi connectivity index (χ3v) is 3.51. The third kappa shape index (κ3) is 3.98. The third-order valence-electron chi connectivity index (χ3n) is 2.89. The van der Waals surface area contributed by atoms with E-state index in [0.717, 1.165) is 4.90 Å². The summed E-state index contributed by atoms with van der Waals surface area (Å²) in [6, 6.07) is 4.37. The van der Waals surface area contributed by atoms with Gasteiger partial charge in [-0.15, -0.1) is 6.58 Å². The van der Waals surface area contributed by atoms with Crippen LogP contribution in [0.4, 0.5) is 4.79 Å². The summed E-state index contributed by atoms with van der Waals surface area (Å²) in [5.41, 5.74) is 0.798. The van der Waals surface area contributed by atoms with Gasteiger partial charge in [0.15, 0.2) is 6.61 Å². The number of halogens is 1. The normalized spacial score (nSPS) is 15.7. The number of carboxylic acid groups (broad SMARTS) is 1. The molecule has 1 aromatic carbocycles. The van der Waals surface area contributed by atoms with Crippen molar-refractivity contribution in [3.63, 3.8) is 0 Å². The van der Waals surface area contributed by atoms with Gasteiger partial charge in [-0.05, 0) is 39.7 Å². The van der Waals surface area contributed by atoms with Gasteiger partial charge in [-0.3, -0.25) is 9.69 Å². The number of nitrogens with one attached hydrogen (secondary N) is 1. The summed E-state index contributed by atoms with van der Waals surface area (Å²) in [4.78, 5) is 35.3. The van der Waals surface area contributed by atoms with Crippen molar-refractivity contribution in [2.75, 3.05) is 13.2 Å². The van der Waals surface area contributed by atoms with Crippen LogP contribution in [0.15, 0.2) is 41.0 Å². The van der Waals surface area contributed by atoms with Crippen LogP contribution < -0.4 is 10.1 Å². The number of carbonyl (C=O) groups excluding carboxylic acids is 2. The lowest BCUT2D eigenvalue weighted by atomic mass is 10.2. The summed E-state index contributed by atoms with van der Waals surface area (Å²) < 4.78 is 5.62. The van der Waals surface area contributed by atoms with Crippen molar-refractivity contribution in [2.24, 2.45) is 0 Å². The number of benzene rings is 1. The molecule has 120 valence electrons. The molecule has 0 bridgehead atoms. The maximum absolute atomic E-state index is 12.1. The Kier molecular flexibility index (Phi) is 5.17. The minimum atomic E-state index is -1.08. The number of carboxylic acids is 1. The number of nitrogens with zero attached hydrogens (tertiary/aromatic N) is 1. The van der Waals surface area contributed by atoms with Crippen molar-refractivity contribution in [3.8, 4) is 5.75 Å². The van der Waals surface area contributed by atoms with Gasteiger partial charge in [-0.25, -0.2) is 9.59 Å². The van der Waals surface area contributed by atoms with E-state index < -0.39 is 24.5 Å². The standard InChI is InChI=1S/C15H13BrN2O5/c1-2-5-18-14(21)11(17-15(18)22)7-9-3-4-12(10(16)6-9)23-8-13(19)20/h2-4,6-7H,1,5,8H2,(H,17,22)(H,19,20)/b11-7+. The lowest BCUT2D eigenvalue weighted by molar-refractivity contribution is -0.139. The van der Waals surface area contributed by atoms with Crippen molar-refractivity contribution in [1.82, 2.24) is 10.2 Å². The monoisotopic (exact) mass is 380 g/mol. The zero-order chi connectivity index (χ0) is 17.0. The fourth-order valence-corrected chi connectivity index (χ4v) is 2.41. The molecule has 0 aliphatic carbocycles. The smallest absolute Gasteiger partial charge is 0.341 e. The number of hydrogen-bond acceptors (Lipinski definition) is 4. The Morgan fingerprint density at radius 1 is 1.43 bits per heavy atom. The highest BCUT2D eigenvalue weighted by Crippen LogP contribution is 2.27. The molecule has 0 saturated carbocycles. The maximum Gasteiger partial charge on any atom is 0.341 e. The molecule has 3 amide bonds. The van der Waals surface area contributed by atoms with Crippen LogP contribution in [0, 0.1) is 0 Å². The summed E-state index contributed by atoms with van der Waals surface area (Å²) >= 11 is 3.27. The van der Waals surface area contributed by atoms with E-state index in [0.29, 0.717) is 15.8 Å². The highest BCUT2D eigenvalue weighted by atomic mass is 79.9. The molecule has 23 heavy (non-hydrogen) atoms.